The molecule has 1 fully saturated rings. The predicted molar refractivity (Wildman–Crippen MR) is 165 cm³/mol. The lowest BCUT2D eigenvalue weighted by molar-refractivity contribution is -0.129. The molecule has 1 aliphatic carbocycles. The molecule has 6 rings (SSSR count). The highest BCUT2D eigenvalue weighted by Gasteiger charge is 2.27. The zero-order valence-electron chi connectivity index (χ0n) is 24.3. The third-order valence-corrected chi connectivity index (χ3v) is 9.68. The summed E-state index contributed by atoms with van der Waals surface area (Å²) in [6.45, 7) is 9.95. The molecule has 1 N–H and O–H groups in total. The summed E-state index contributed by atoms with van der Waals surface area (Å²) in [6, 6.07) is 14.1. The lowest BCUT2D eigenvalue weighted by atomic mass is 9.93. The molecule has 9 nitrogen and oxygen atoms in total. The second-order valence-corrected chi connectivity index (χ2v) is 14.7. The van der Waals surface area contributed by atoms with E-state index in [9.17, 15) is 9.36 Å². The number of aromatic nitrogens is 4. The first kappa shape index (κ1) is 27.2. The van der Waals surface area contributed by atoms with Crippen LogP contribution in [0.5, 0.6) is 0 Å². The molecular formula is C31H36N7O2P. The second-order valence-electron chi connectivity index (χ2n) is 11.4. The number of anilines is 3. The summed E-state index contributed by atoms with van der Waals surface area (Å²) < 4.78 is 14.8. The Balaban J connectivity index is 1.32. The van der Waals surface area contributed by atoms with Crippen molar-refractivity contribution in [1.82, 2.24) is 24.6 Å². The van der Waals surface area contributed by atoms with Crippen molar-refractivity contribution in [3.8, 4) is 17.1 Å². The highest BCUT2D eigenvalue weighted by atomic mass is 31.2. The zero-order valence-corrected chi connectivity index (χ0v) is 25.2. The molecule has 2 aromatic carbocycles. The lowest BCUT2D eigenvalue weighted by Crippen LogP contribution is -2.30. The number of rotatable bonds is 5. The van der Waals surface area contributed by atoms with Crippen LogP contribution in [-0.2, 0) is 22.2 Å². The molecule has 4 aromatic rings. The van der Waals surface area contributed by atoms with Gasteiger partial charge in [-0.05, 0) is 81.5 Å². The Bertz CT molecular complexity index is 1710. The first-order chi connectivity index (χ1) is 19.6. The van der Waals surface area contributed by atoms with Crippen LogP contribution in [-0.4, -0.2) is 70.6 Å². The van der Waals surface area contributed by atoms with E-state index >= 15 is 0 Å². The van der Waals surface area contributed by atoms with Gasteiger partial charge in [-0.2, -0.15) is 5.10 Å². The summed E-state index contributed by atoms with van der Waals surface area (Å²) in [4.78, 5) is 25.8. The van der Waals surface area contributed by atoms with Crippen LogP contribution >= 0.6 is 7.14 Å². The molecule has 0 radical (unpaired) electrons. The maximum absolute atomic E-state index is 12.8. The minimum absolute atomic E-state index is 0.190. The Morgan fingerprint density at radius 3 is 2.56 bits per heavy atom. The highest BCUT2D eigenvalue weighted by molar-refractivity contribution is 7.70. The average molecular weight is 570 g/mol. The first-order valence-corrected chi connectivity index (χ1v) is 16.7. The van der Waals surface area contributed by atoms with E-state index in [2.05, 4.69) is 40.3 Å². The highest BCUT2D eigenvalue weighted by Crippen LogP contribution is 2.38. The fraction of sp³-hybridized carbons (Fsp3) is 0.355. The molecule has 0 spiro atoms. The van der Waals surface area contributed by atoms with Crippen LogP contribution in [0.3, 0.4) is 0 Å². The number of hydrogen-bond acceptors (Lipinski definition) is 7. The van der Waals surface area contributed by atoms with Crippen molar-refractivity contribution in [3.05, 3.63) is 71.0 Å². The van der Waals surface area contributed by atoms with Crippen molar-refractivity contribution < 1.29 is 9.36 Å². The quantitative estimate of drug-likeness (QED) is 0.348. The Hall–Kier alpha value is -3.97. The van der Waals surface area contributed by atoms with Gasteiger partial charge in [0.15, 0.2) is 0 Å². The molecule has 1 saturated heterocycles. The van der Waals surface area contributed by atoms with Gasteiger partial charge in [0, 0.05) is 61.5 Å². The van der Waals surface area contributed by atoms with Crippen LogP contribution in [0.15, 0.2) is 48.7 Å². The molecule has 0 unspecified atom stereocenters. The monoisotopic (exact) mass is 569 g/mol. The maximum atomic E-state index is 12.8. The predicted octanol–water partition coefficient (Wildman–Crippen LogP) is 4.70. The van der Waals surface area contributed by atoms with E-state index in [0.717, 1.165) is 83.1 Å². The van der Waals surface area contributed by atoms with Gasteiger partial charge in [0.25, 0.3) is 0 Å². The summed E-state index contributed by atoms with van der Waals surface area (Å²) in [7, 11) is -0.555. The summed E-state index contributed by atoms with van der Waals surface area (Å²) in [5, 5.41) is 9.16. The smallest absolute Gasteiger partial charge is 0.227 e. The number of likely N-dealkylation sites (N-methyl/N-ethyl adjacent to an activating group) is 1. The number of benzene rings is 2. The van der Waals surface area contributed by atoms with E-state index in [1.165, 1.54) is 5.56 Å². The standard InChI is InChI=1S/C31H36N7O2P/c1-20-17-23(37-14-13-28(39)36(3)15-16-37)10-12-27(20)33-31-32-19-22-9-11-26-21(2)35-38(30(26)29(22)34-31)24-7-6-8-25(18-24)41(4,5)40/h6-8,10,12,17-19H,9,11,13-16H2,1-5H3,(H,32,33,34). The number of carbonyl (C=O) groups is 1. The van der Waals surface area contributed by atoms with Crippen molar-refractivity contribution >= 4 is 35.7 Å². The molecule has 1 amide bonds. The van der Waals surface area contributed by atoms with Crippen LogP contribution in [0.1, 0.15) is 28.8 Å². The Kier molecular flexibility index (Phi) is 6.94. The van der Waals surface area contributed by atoms with Crippen molar-refractivity contribution in [2.75, 3.05) is 50.2 Å². The molecule has 2 aliphatic rings. The SMILES string of the molecule is Cc1cc(N2CCC(=O)N(C)CC2)ccc1Nc1ncc2c(n1)-c1c(c(C)nn1-c1cccc(P(C)(C)=O)c1)CC2. The Morgan fingerprint density at radius 2 is 1.78 bits per heavy atom. The van der Waals surface area contributed by atoms with Gasteiger partial charge in [-0.3, -0.25) is 4.79 Å². The number of nitrogens with zero attached hydrogens (tertiary/aromatic N) is 6. The van der Waals surface area contributed by atoms with Gasteiger partial charge in [-0.1, -0.05) is 12.1 Å². The van der Waals surface area contributed by atoms with Gasteiger partial charge in [-0.25, -0.2) is 14.6 Å². The number of fused-ring (bicyclic) bond motifs is 3. The third-order valence-electron chi connectivity index (χ3n) is 8.16. The molecule has 0 atom stereocenters. The van der Waals surface area contributed by atoms with Gasteiger partial charge in [0.2, 0.25) is 11.9 Å². The molecule has 1 aliphatic heterocycles. The molecule has 2 aromatic heterocycles. The van der Waals surface area contributed by atoms with Gasteiger partial charge in [0.05, 0.1) is 22.8 Å². The molecule has 0 bridgehead atoms. The Labute approximate surface area is 241 Å². The van der Waals surface area contributed by atoms with E-state index in [1.807, 2.05) is 49.1 Å². The fourth-order valence-corrected chi connectivity index (χ4v) is 6.54. The van der Waals surface area contributed by atoms with Crippen molar-refractivity contribution in [3.63, 3.8) is 0 Å². The van der Waals surface area contributed by atoms with Gasteiger partial charge in [0.1, 0.15) is 7.14 Å². The summed E-state index contributed by atoms with van der Waals surface area (Å²) >= 11 is 0. The van der Waals surface area contributed by atoms with Crippen molar-refractivity contribution in [2.24, 2.45) is 0 Å². The van der Waals surface area contributed by atoms with Crippen LogP contribution < -0.4 is 15.5 Å². The Morgan fingerprint density at radius 1 is 0.951 bits per heavy atom. The van der Waals surface area contributed by atoms with Crippen molar-refractivity contribution in [1.29, 1.82) is 0 Å². The van der Waals surface area contributed by atoms with E-state index in [4.69, 9.17) is 10.1 Å². The summed E-state index contributed by atoms with van der Waals surface area (Å²) in [5.41, 5.74) is 9.10. The topological polar surface area (TPSA) is 96.2 Å². The molecule has 10 heteroatoms. The largest absolute Gasteiger partial charge is 0.369 e. The van der Waals surface area contributed by atoms with Crippen molar-refractivity contribution in [2.45, 2.75) is 33.1 Å². The van der Waals surface area contributed by atoms with Crippen LogP contribution in [0.25, 0.3) is 17.1 Å². The normalized spacial score (nSPS) is 15.4. The van der Waals surface area contributed by atoms with E-state index in [1.54, 1.807) is 18.2 Å². The number of nitrogens with one attached hydrogen (secondary N) is 1. The number of amides is 1. The number of carbonyl (C=O) groups excluding carboxylic acids is 1. The molecular weight excluding hydrogens is 533 g/mol. The van der Waals surface area contributed by atoms with E-state index < -0.39 is 7.14 Å². The minimum Gasteiger partial charge on any atom is -0.369 e. The average Bonchev–Trinajstić information content (AvgIpc) is 3.20. The molecule has 212 valence electrons. The van der Waals surface area contributed by atoms with Crippen LogP contribution in [0, 0.1) is 13.8 Å². The molecule has 0 saturated carbocycles. The molecule has 3 heterocycles. The maximum Gasteiger partial charge on any atom is 0.227 e. The molecule has 41 heavy (non-hydrogen) atoms. The minimum atomic E-state index is -2.42. The van der Waals surface area contributed by atoms with Crippen LogP contribution in [0.4, 0.5) is 17.3 Å². The number of hydrogen-bond donors (Lipinski definition) is 1. The second kappa shape index (κ2) is 10.5. The summed E-state index contributed by atoms with van der Waals surface area (Å²) in [5.74, 6) is 0.718. The third kappa shape index (κ3) is 5.26. The van der Waals surface area contributed by atoms with Gasteiger partial charge >= 0.3 is 0 Å². The van der Waals surface area contributed by atoms with E-state index in [-0.39, 0.29) is 5.91 Å². The van der Waals surface area contributed by atoms with E-state index in [0.29, 0.717) is 12.4 Å². The number of aryl methyl sites for hydroxylation is 3. The zero-order chi connectivity index (χ0) is 28.9. The van der Waals surface area contributed by atoms with Gasteiger partial charge < -0.3 is 19.7 Å². The van der Waals surface area contributed by atoms with Crippen LogP contribution in [0.2, 0.25) is 0 Å². The lowest BCUT2D eigenvalue weighted by Gasteiger charge is -2.24. The van der Waals surface area contributed by atoms with Gasteiger partial charge in [-0.15, -0.1) is 0 Å². The first-order valence-electron chi connectivity index (χ1n) is 14.1. The summed E-state index contributed by atoms with van der Waals surface area (Å²) in [6.07, 6.45) is 4.17. The fourth-order valence-electron chi connectivity index (χ4n) is 5.66.